The number of urea groups is 1. The third-order valence-electron chi connectivity index (χ3n) is 1.83. The van der Waals surface area contributed by atoms with Gasteiger partial charge in [-0.1, -0.05) is 0 Å². The van der Waals surface area contributed by atoms with Crippen molar-refractivity contribution in [1.82, 2.24) is 9.78 Å². The summed E-state index contributed by atoms with van der Waals surface area (Å²) >= 11 is 0. The zero-order chi connectivity index (χ0) is 10.6. The highest BCUT2D eigenvalue weighted by atomic mass is 16.2. The van der Waals surface area contributed by atoms with E-state index in [1.807, 2.05) is 0 Å². The summed E-state index contributed by atoms with van der Waals surface area (Å²) in [4.78, 5) is 12.5. The lowest BCUT2D eigenvalue weighted by molar-refractivity contribution is 0.253. The van der Waals surface area contributed by atoms with Crippen molar-refractivity contribution in [2.45, 2.75) is 6.42 Å². The van der Waals surface area contributed by atoms with Crippen LogP contribution in [0.5, 0.6) is 0 Å². The fraction of sp³-hybridized carbons (Fsp3) is 0.500. The number of carbonyl (C=O) groups is 1. The maximum absolute atomic E-state index is 11.1. The molecule has 6 heteroatoms. The second-order valence-corrected chi connectivity index (χ2v) is 2.98. The molecule has 0 spiro atoms. The zero-order valence-corrected chi connectivity index (χ0v) is 8.18. The maximum Gasteiger partial charge on any atom is 0.320 e. The molecule has 1 rings (SSSR count). The SMILES string of the molecule is Cn1ccc(N(CCCN)C(N)=O)n1. The number of rotatable bonds is 4. The summed E-state index contributed by atoms with van der Waals surface area (Å²) in [6, 6.07) is 1.23. The number of carbonyl (C=O) groups excluding carboxylic acids is 1. The maximum atomic E-state index is 11.1. The number of primary amides is 1. The Morgan fingerprint density at radius 1 is 1.71 bits per heavy atom. The largest absolute Gasteiger partial charge is 0.351 e. The molecule has 6 nitrogen and oxygen atoms in total. The van der Waals surface area contributed by atoms with Gasteiger partial charge in [0.1, 0.15) is 0 Å². The van der Waals surface area contributed by atoms with Crippen LogP contribution in [0.25, 0.3) is 0 Å². The minimum atomic E-state index is -0.503. The number of hydrogen-bond acceptors (Lipinski definition) is 3. The van der Waals surface area contributed by atoms with Gasteiger partial charge in [-0.2, -0.15) is 5.10 Å². The number of amides is 2. The predicted molar refractivity (Wildman–Crippen MR) is 53.8 cm³/mol. The highest BCUT2D eigenvalue weighted by molar-refractivity contribution is 5.89. The molecule has 78 valence electrons. The van der Waals surface area contributed by atoms with Crippen LogP contribution in [0.15, 0.2) is 12.3 Å². The number of aromatic nitrogens is 2. The lowest BCUT2D eigenvalue weighted by atomic mass is 10.4. The molecule has 4 N–H and O–H groups in total. The number of nitrogens with zero attached hydrogens (tertiary/aromatic N) is 3. The minimum Gasteiger partial charge on any atom is -0.351 e. The second kappa shape index (κ2) is 4.61. The molecule has 0 fully saturated rings. The quantitative estimate of drug-likeness (QED) is 0.691. The molecule has 1 heterocycles. The first-order valence-corrected chi connectivity index (χ1v) is 4.42. The lowest BCUT2D eigenvalue weighted by Gasteiger charge is -2.16. The topological polar surface area (TPSA) is 90.2 Å². The fourth-order valence-corrected chi connectivity index (χ4v) is 1.13. The average Bonchev–Trinajstić information content (AvgIpc) is 2.52. The van der Waals surface area contributed by atoms with E-state index in [1.165, 1.54) is 4.90 Å². The van der Waals surface area contributed by atoms with Crippen LogP contribution in [0.3, 0.4) is 0 Å². The molecule has 1 aromatic rings. The summed E-state index contributed by atoms with van der Waals surface area (Å²) in [5.74, 6) is 0.563. The van der Waals surface area contributed by atoms with Gasteiger partial charge in [-0.3, -0.25) is 9.58 Å². The van der Waals surface area contributed by atoms with Crippen molar-refractivity contribution in [2.24, 2.45) is 18.5 Å². The molecule has 1 aromatic heterocycles. The van der Waals surface area contributed by atoms with E-state index in [0.29, 0.717) is 25.3 Å². The molecule has 0 aliphatic rings. The molecule has 0 radical (unpaired) electrons. The third kappa shape index (κ3) is 2.46. The number of aryl methyl sites for hydroxylation is 1. The Balaban J connectivity index is 2.72. The van der Waals surface area contributed by atoms with Crippen LogP contribution in [-0.2, 0) is 7.05 Å². The van der Waals surface area contributed by atoms with E-state index >= 15 is 0 Å². The van der Waals surface area contributed by atoms with Crippen LogP contribution in [-0.4, -0.2) is 28.9 Å². The van der Waals surface area contributed by atoms with Crippen LogP contribution in [0.2, 0.25) is 0 Å². The minimum absolute atomic E-state index is 0.503. The van der Waals surface area contributed by atoms with Crippen molar-refractivity contribution in [3.63, 3.8) is 0 Å². The lowest BCUT2D eigenvalue weighted by Crippen LogP contribution is -2.37. The summed E-state index contributed by atoms with van der Waals surface area (Å²) in [6.45, 7) is 1.03. The summed E-state index contributed by atoms with van der Waals surface area (Å²) in [5.41, 5.74) is 10.6. The Hall–Kier alpha value is -1.56. The van der Waals surface area contributed by atoms with E-state index in [-0.39, 0.29) is 0 Å². The highest BCUT2D eigenvalue weighted by Gasteiger charge is 2.13. The Kier molecular flexibility index (Phi) is 3.47. The number of nitrogens with two attached hydrogens (primary N) is 2. The van der Waals surface area contributed by atoms with E-state index in [2.05, 4.69) is 5.10 Å². The Morgan fingerprint density at radius 2 is 2.43 bits per heavy atom. The zero-order valence-electron chi connectivity index (χ0n) is 8.18. The van der Waals surface area contributed by atoms with E-state index in [9.17, 15) is 4.79 Å². The standard InChI is InChI=1S/C8H15N5O/c1-12-6-3-7(11-12)13(8(10)14)5-2-4-9/h3,6H,2,4-5,9H2,1H3,(H2,10,14). The van der Waals surface area contributed by atoms with Gasteiger partial charge in [-0.05, 0) is 13.0 Å². The number of anilines is 1. The first kappa shape index (κ1) is 10.5. The predicted octanol–water partition coefficient (Wildman–Crippen LogP) is -0.346. The van der Waals surface area contributed by atoms with E-state index < -0.39 is 6.03 Å². The first-order valence-electron chi connectivity index (χ1n) is 4.42. The van der Waals surface area contributed by atoms with E-state index in [4.69, 9.17) is 11.5 Å². The van der Waals surface area contributed by atoms with Crippen LogP contribution in [0.4, 0.5) is 10.6 Å². The molecular weight excluding hydrogens is 182 g/mol. The molecule has 0 saturated carbocycles. The van der Waals surface area contributed by atoms with E-state index in [0.717, 1.165) is 0 Å². The van der Waals surface area contributed by atoms with Crippen LogP contribution >= 0.6 is 0 Å². The van der Waals surface area contributed by atoms with Crippen molar-refractivity contribution < 1.29 is 4.79 Å². The molecule has 0 saturated heterocycles. The Bertz CT molecular complexity index is 308. The third-order valence-corrected chi connectivity index (χ3v) is 1.83. The summed E-state index contributed by atoms with van der Waals surface area (Å²) in [7, 11) is 1.78. The van der Waals surface area contributed by atoms with Crippen molar-refractivity contribution in [3.8, 4) is 0 Å². The Labute approximate surface area is 82.5 Å². The molecule has 0 aliphatic heterocycles. The molecule has 14 heavy (non-hydrogen) atoms. The normalized spacial score (nSPS) is 10.1. The van der Waals surface area contributed by atoms with Crippen LogP contribution < -0.4 is 16.4 Å². The van der Waals surface area contributed by atoms with Gasteiger partial charge in [-0.25, -0.2) is 4.79 Å². The molecule has 0 aliphatic carbocycles. The van der Waals surface area contributed by atoms with Gasteiger partial charge in [-0.15, -0.1) is 0 Å². The molecular formula is C8H15N5O. The second-order valence-electron chi connectivity index (χ2n) is 2.98. The van der Waals surface area contributed by atoms with Crippen molar-refractivity contribution in [2.75, 3.05) is 18.0 Å². The Morgan fingerprint density at radius 3 is 2.86 bits per heavy atom. The summed E-state index contributed by atoms with van der Waals surface area (Å²) in [5, 5.41) is 4.09. The molecule has 0 aromatic carbocycles. The van der Waals surface area contributed by atoms with Gasteiger partial charge in [0.05, 0.1) is 0 Å². The summed E-state index contributed by atoms with van der Waals surface area (Å²) < 4.78 is 1.62. The molecule has 0 unspecified atom stereocenters. The van der Waals surface area contributed by atoms with Crippen LogP contribution in [0, 0.1) is 0 Å². The summed E-state index contributed by atoms with van der Waals surface area (Å²) in [6.07, 6.45) is 2.47. The van der Waals surface area contributed by atoms with Crippen LogP contribution in [0.1, 0.15) is 6.42 Å². The van der Waals surface area contributed by atoms with Gasteiger partial charge >= 0.3 is 6.03 Å². The van der Waals surface area contributed by atoms with E-state index in [1.54, 1.807) is 24.0 Å². The molecule has 0 bridgehead atoms. The van der Waals surface area contributed by atoms with Gasteiger partial charge in [0.2, 0.25) is 0 Å². The molecule has 0 atom stereocenters. The monoisotopic (exact) mass is 197 g/mol. The van der Waals surface area contributed by atoms with Crippen molar-refractivity contribution in [3.05, 3.63) is 12.3 Å². The van der Waals surface area contributed by atoms with Gasteiger partial charge in [0.15, 0.2) is 5.82 Å². The highest BCUT2D eigenvalue weighted by Crippen LogP contribution is 2.09. The number of hydrogen-bond donors (Lipinski definition) is 2. The van der Waals surface area contributed by atoms with Gasteiger partial charge in [0.25, 0.3) is 0 Å². The molecule has 2 amide bonds. The van der Waals surface area contributed by atoms with Gasteiger partial charge < -0.3 is 11.5 Å². The average molecular weight is 197 g/mol. The van der Waals surface area contributed by atoms with Gasteiger partial charge in [0, 0.05) is 25.9 Å². The smallest absolute Gasteiger partial charge is 0.320 e. The fourth-order valence-electron chi connectivity index (χ4n) is 1.13. The van der Waals surface area contributed by atoms with Crippen molar-refractivity contribution in [1.29, 1.82) is 0 Å². The van der Waals surface area contributed by atoms with Crippen molar-refractivity contribution >= 4 is 11.8 Å². The first-order chi connectivity index (χ1) is 6.65.